The molecule has 0 atom stereocenters. The molecule has 2 aromatic heterocycles. The number of nitrogens with one attached hydrogen (secondary N) is 1. The molecule has 164 valence electrons. The van der Waals surface area contributed by atoms with Crippen molar-refractivity contribution in [2.45, 2.75) is 25.0 Å². The monoisotopic (exact) mass is 451 g/mol. The molecule has 1 aliphatic heterocycles. The first-order valence-electron chi connectivity index (χ1n) is 9.92. The molecule has 0 bridgehead atoms. The predicted molar refractivity (Wildman–Crippen MR) is 121 cm³/mol. The average Bonchev–Trinajstić information content (AvgIpc) is 3.26. The third-order valence-corrected chi connectivity index (χ3v) is 6.25. The summed E-state index contributed by atoms with van der Waals surface area (Å²) in [4.78, 5) is 40.9. The lowest BCUT2D eigenvalue weighted by molar-refractivity contribution is -0.135. The van der Waals surface area contributed by atoms with Gasteiger partial charge in [-0.15, -0.1) is 0 Å². The number of hydrogen-bond donors (Lipinski definition) is 3. The van der Waals surface area contributed by atoms with Crippen LogP contribution in [0, 0.1) is 6.92 Å². The number of benzene rings is 1. The molecule has 1 aromatic carbocycles. The van der Waals surface area contributed by atoms with Crippen molar-refractivity contribution in [1.82, 2.24) is 14.9 Å². The van der Waals surface area contributed by atoms with Gasteiger partial charge in [0.2, 0.25) is 0 Å². The summed E-state index contributed by atoms with van der Waals surface area (Å²) in [5, 5.41) is 21.5. The summed E-state index contributed by atoms with van der Waals surface area (Å²) in [5.41, 5.74) is 3.82. The number of aryl methyl sites for hydroxylation is 1. The Bertz CT molecular complexity index is 1250. The fourth-order valence-electron chi connectivity index (χ4n) is 3.59. The number of aromatic hydroxyl groups is 1. The first-order valence-corrected chi connectivity index (χ1v) is 11.1. The summed E-state index contributed by atoms with van der Waals surface area (Å²) in [7, 11) is 0. The third kappa shape index (κ3) is 4.24. The molecule has 0 saturated carbocycles. The van der Waals surface area contributed by atoms with E-state index in [1.54, 1.807) is 6.20 Å². The van der Waals surface area contributed by atoms with Crippen molar-refractivity contribution < 1.29 is 19.8 Å². The topological polar surface area (TPSA) is 122 Å². The van der Waals surface area contributed by atoms with E-state index in [0.29, 0.717) is 22.8 Å². The Kier molecular flexibility index (Phi) is 6.00. The third-order valence-electron chi connectivity index (χ3n) is 5.28. The molecule has 1 aliphatic rings. The first kappa shape index (κ1) is 21.6. The fourth-order valence-corrected chi connectivity index (χ4v) is 4.72. The summed E-state index contributed by atoms with van der Waals surface area (Å²) >= 11 is 1.53. The number of nitrogens with zero attached hydrogens (tertiary/aromatic N) is 2. The zero-order chi connectivity index (χ0) is 22.8. The Hall–Kier alpha value is -3.59. The van der Waals surface area contributed by atoms with E-state index in [-0.39, 0.29) is 12.3 Å². The minimum atomic E-state index is -1.24. The minimum absolute atomic E-state index is 0.183. The predicted octanol–water partition coefficient (Wildman–Crippen LogP) is 2.53. The molecule has 9 heteroatoms. The number of carbonyl (C=O) groups is 2. The van der Waals surface area contributed by atoms with Crippen LogP contribution >= 0.6 is 11.8 Å². The molecule has 0 fully saturated rings. The van der Waals surface area contributed by atoms with Crippen molar-refractivity contribution in [3.8, 4) is 17.0 Å². The molecule has 0 radical (unpaired) electrons. The van der Waals surface area contributed by atoms with Crippen LogP contribution < -0.4 is 10.9 Å². The van der Waals surface area contributed by atoms with Crippen molar-refractivity contribution in [2.75, 3.05) is 6.54 Å². The van der Waals surface area contributed by atoms with Gasteiger partial charge in [-0.2, -0.15) is 11.8 Å². The summed E-state index contributed by atoms with van der Waals surface area (Å²) in [5.74, 6) is -1.53. The average molecular weight is 452 g/mol. The van der Waals surface area contributed by atoms with Gasteiger partial charge in [0.1, 0.15) is 17.9 Å². The highest BCUT2D eigenvalue weighted by Crippen LogP contribution is 2.36. The molecule has 4 rings (SSSR count). The Labute approximate surface area is 187 Å². The van der Waals surface area contributed by atoms with Gasteiger partial charge in [0.05, 0.1) is 12.2 Å². The Morgan fingerprint density at radius 2 is 1.91 bits per heavy atom. The summed E-state index contributed by atoms with van der Waals surface area (Å²) in [6.45, 7) is 1.55. The van der Waals surface area contributed by atoms with Gasteiger partial charge >= 0.3 is 5.97 Å². The van der Waals surface area contributed by atoms with E-state index in [1.807, 2.05) is 43.3 Å². The van der Waals surface area contributed by atoms with E-state index in [1.165, 1.54) is 16.3 Å². The van der Waals surface area contributed by atoms with Crippen molar-refractivity contribution in [3.05, 3.63) is 80.9 Å². The zero-order valence-corrected chi connectivity index (χ0v) is 18.1. The lowest BCUT2D eigenvalue weighted by Gasteiger charge is -2.16. The van der Waals surface area contributed by atoms with Crippen LogP contribution in [0.4, 0.5) is 0 Å². The molecule has 0 saturated heterocycles. The largest absolute Gasteiger partial charge is 0.507 e. The summed E-state index contributed by atoms with van der Waals surface area (Å²) in [6.07, 6.45) is 1.69. The van der Waals surface area contributed by atoms with E-state index in [4.69, 9.17) is 5.11 Å². The maximum atomic E-state index is 13.1. The van der Waals surface area contributed by atoms with Crippen molar-refractivity contribution >= 4 is 23.6 Å². The molecular weight excluding hydrogens is 430 g/mol. The molecular formula is C23H21N3O5S. The van der Waals surface area contributed by atoms with Crippen LogP contribution in [0.25, 0.3) is 11.3 Å². The van der Waals surface area contributed by atoms with Crippen LogP contribution in [0.15, 0.2) is 47.4 Å². The second-order valence-electron chi connectivity index (χ2n) is 7.53. The normalized spacial score (nSPS) is 12.4. The number of rotatable bonds is 6. The maximum Gasteiger partial charge on any atom is 0.322 e. The molecule has 3 N–H and O–H groups in total. The lowest BCUT2D eigenvalue weighted by Crippen LogP contribution is -2.37. The van der Waals surface area contributed by atoms with Crippen LogP contribution in [0.1, 0.15) is 32.7 Å². The van der Waals surface area contributed by atoms with Gasteiger partial charge in [0, 0.05) is 34.5 Å². The van der Waals surface area contributed by atoms with Gasteiger partial charge in [-0.25, -0.2) is 0 Å². The van der Waals surface area contributed by atoms with Crippen LogP contribution in [0.5, 0.6) is 5.75 Å². The standard InChI is InChI=1S/C23H21N3O5S/c1-13-2-5-15(6-3-13)17-7-4-14(8-24-17)10-26-18-12-32-11-16(18)21(29)20(23(26)31)22(30)25-9-19(27)28/h2-8,29H,9-12H2,1H3,(H,25,30)(H,27,28). The number of carboxylic acids is 1. The van der Waals surface area contributed by atoms with Crippen molar-refractivity contribution in [2.24, 2.45) is 0 Å². The molecule has 3 heterocycles. The Balaban J connectivity index is 1.68. The van der Waals surface area contributed by atoms with Crippen molar-refractivity contribution in [1.29, 1.82) is 0 Å². The van der Waals surface area contributed by atoms with Gasteiger partial charge < -0.3 is 20.1 Å². The second kappa shape index (κ2) is 8.88. The van der Waals surface area contributed by atoms with Crippen LogP contribution in [-0.4, -0.2) is 38.2 Å². The maximum absolute atomic E-state index is 13.1. The Morgan fingerprint density at radius 1 is 1.16 bits per heavy atom. The van der Waals surface area contributed by atoms with Gasteiger partial charge in [0.15, 0.2) is 0 Å². The van der Waals surface area contributed by atoms with E-state index < -0.39 is 29.5 Å². The number of thioether (sulfide) groups is 1. The number of carbonyl (C=O) groups excluding carboxylic acids is 1. The molecule has 8 nitrogen and oxygen atoms in total. The molecule has 1 amide bonds. The van der Waals surface area contributed by atoms with Crippen LogP contribution in [0.2, 0.25) is 0 Å². The van der Waals surface area contributed by atoms with E-state index in [0.717, 1.165) is 22.4 Å². The van der Waals surface area contributed by atoms with E-state index >= 15 is 0 Å². The summed E-state index contributed by atoms with van der Waals surface area (Å²) < 4.78 is 1.47. The molecule has 0 unspecified atom stereocenters. The lowest BCUT2D eigenvalue weighted by atomic mass is 10.1. The molecule has 0 aliphatic carbocycles. The number of pyridine rings is 2. The fraction of sp³-hybridized carbons (Fsp3) is 0.217. The van der Waals surface area contributed by atoms with Gasteiger partial charge in [-0.1, -0.05) is 35.9 Å². The van der Waals surface area contributed by atoms with Gasteiger partial charge in [0.25, 0.3) is 11.5 Å². The highest BCUT2D eigenvalue weighted by atomic mass is 32.2. The smallest absolute Gasteiger partial charge is 0.322 e. The highest BCUT2D eigenvalue weighted by Gasteiger charge is 2.28. The molecule has 32 heavy (non-hydrogen) atoms. The van der Waals surface area contributed by atoms with E-state index in [9.17, 15) is 19.5 Å². The van der Waals surface area contributed by atoms with Crippen LogP contribution in [-0.2, 0) is 22.8 Å². The zero-order valence-electron chi connectivity index (χ0n) is 17.3. The first-order chi connectivity index (χ1) is 15.3. The van der Waals surface area contributed by atoms with Crippen molar-refractivity contribution in [3.63, 3.8) is 0 Å². The minimum Gasteiger partial charge on any atom is -0.507 e. The second-order valence-corrected chi connectivity index (χ2v) is 8.51. The number of amides is 1. The highest BCUT2D eigenvalue weighted by molar-refractivity contribution is 7.98. The SMILES string of the molecule is Cc1ccc(-c2ccc(Cn3c4c(c(O)c(C(=O)NCC(=O)O)c3=O)CSC4)cn2)cc1. The number of fused-ring (bicyclic) bond motifs is 1. The summed E-state index contributed by atoms with van der Waals surface area (Å²) in [6, 6.07) is 11.8. The number of carboxylic acid groups (broad SMARTS) is 1. The number of hydrogen-bond acceptors (Lipinski definition) is 6. The number of aliphatic carboxylic acids is 1. The molecule has 0 spiro atoms. The van der Waals surface area contributed by atoms with Crippen LogP contribution in [0.3, 0.4) is 0 Å². The van der Waals surface area contributed by atoms with Gasteiger partial charge in [-0.05, 0) is 18.6 Å². The number of aromatic nitrogens is 2. The Morgan fingerprint density at radius 3 is 2.56 bits per heavy atom. The van der Waals surface area contributed by atoms with E-state index in [2.05, 4.69) is 10.3 Å². The molecule has 3 aromatic rings. The quantitative estimate of drug-likeness (QED) is 0.526. The van der Waals surface area contributed by atoms with Gasteiger partial charge in [-0.3, -0.25) is 19.4 Å².